The summed E-state index contributed by atoms with van der Waals surface area (Å²) >= 11 is 0. The summed E-state index contributed by atoms with van der Waals surface area (Å²) < 4.78 is 4.69. The highest BCUT2D eigenvalue weighted by Crippen LogP contribution is 2.06. The summed E-state index contributed by atoms with van der Waals surface area (Å²) in [6, 6.07) is 9.33. The molecule has 0 aromatic heterocycles. The molecule has 19 heavy (non-hydrogen) atoms. The van der Waals surface area contributed by atoms with E-state index in [2.05, 4.69) is 5.32 Å². The highest BCUT2D eigenvalue weighted by molar-refractivity contribution is 5.86. The lowest BCUT2D eigenvalue weighted by molar-refractivity contribution is -0.129. The number of benzene rings is 1. The fourth-order valence-electron chi connectivity index (χ4n) is 1.81. The summed E-state index contributed by atoms with van der Waals surface area (Å²) in [5, 5.41) is 2.57. The zero-order valence-corrected chi connectivity index (χ0v) is 11.1. The zero-order valence-electron chi connectivity index (χ0n) is 11.1. The number of hydrogen-bond acceptors (Lipinski definition) is 3. The largest absolute Gasteiger partial charge is 0.375 e. The van der Waals surface area contributed by atoms with Crippen molar-refractivity contribution in [2.24, 2.45) is 5.73 Å². The highest BCUT2D eigenvalue weighted by Gasteiger charge is 2.17. The van der Waals surface area contributed by atoms with Gasteiger partial charge in [0.1, 0.15) is 12.6 Å². The van der Waals surface area contributed by atoms with Gasteiger partial charge in [-0.05, 0) is 24.8 Å². The number of amides is 2. The van der Waals surface area contributed by atoms with Crippen LogP contribution in [0.15, 0.2) is 30.3 Å². The average Bonchev–Trinajstić information content (AvgIpc) is 2.39. The van der Waals surface area contributed by atoms with E-state index in [1.807, 2.05) is 30.3 Å². The number of nitrogens with one attached hydrogen (secondary N) is 1. The van der Waals surface area contributed by atoms with Gasteiger partial charge in [0.2, 0.25) is 11.8 Å². The van der Waals surface area contributed by atoms with Crippen LogP contribution in [-0.2, 0) is 20.7 Å². The monoisotopic (exact) mass is 264 g/mol. The Balaban J connectivity index is 2.38. The van der Waals surface area contributed by atoms with Crippen LogP contribution in [0.3, 0.4) is 0 Å². The molecular formula is C14H20N2O3. The SMILES string of the molecule is COCC(=O)N[C@@H](CCCc1ccccc1)C(N)=O. The van der Waals surface area contributed by atoms with Crippen LogP contribution < -0.4 is 11.1 Å². The lowest BCUT2D eigenvalue weighted by atomic mass is 10.0. The van der Waals surface area contributed by atoms with Crippen LogP contribution in [0.4, 0.5) is 0 Å². The lowest BCUT2D eigenvalue weighted by Crippen LogP contribution is -2.45. The van der Waals surface area contributed by atoms with Gasteiger partial charge in [-0.2, -0.15) is 0 Å². The number of carbonyl (C=O) groups excluding carboxylic acids is 2. The molecule has 0 aliphatic heterocycles. The average molecular weight is 264 g/mol. The van der Waals surface area contributed by atoms with Crippen molar-refractivity contribution in [3.05, 3.63) is 35.9 Å². The van der Waals surface area contributed by atoms with E-state index in [-0.39, 0.29) is 12.5 Å². The van der Waals surface area contributed by atoms with Crippen LogP contribution in [0, 0.1) is 0 Å². The van der Waals surface area contributed by atoms with Crippen molar-refractivity contribution in [2.75, 3.05) is 13.7 Å². The number of primary amides is 1. The van der Waals surface area contributed by atoms with Gasteiger partial charge in [-0.3, -0.25) is 9.59 Å². The van der Waals surface area contributed by atoms with E-state index < -0.39 is 11.9 Å². The first-order chi connectivity index (χ1) is 9.13. The molecule has 1 aromatic rings. The van der Waals surface area contributed by atoms with Crippen molar-refractivity contribution in [2.45, 2.75) is 25.3 Å². The highest BCUT2D eigenvalue weighted by atomic mass is 16.5. The van der Waals surface area contributed by atoms with Crippen molar-refractivity contribution >= 4 is 11.8 Å². The molecule has 104 valence electrons. The van der Waals surface area contributed by atoms with Gasteiger partial charge in [-0.1, -0.05) is 30.3 Å². The molecule has 5 nitrogen and oxygen atoms in total. The quantitative estimate of drug-likeness (QED) is 0.722. The second kappa shape index (κ2) is 8.26. The molecule has 3 N–H and O–H groups in total. The van der Waals surface area contributed by atoms with Gasteiger partial charge in [0.15, 0.2) is 0 Å². The fourth-order valence-corrected chi connectivity index (χ4v) is 1.81. The number of aryl methyl sites for hydroxylation is 1. The number of hydrogen-bond donors (Lipinski definition) is 2. The number of rotatable bonds is 8. The van der Waals surface area contributed by atoms with E-state index in [4.69, 9.17) is 10.5 Å². The Bertz CT molecular complexity index is 406. The number of nitrogens with two attached hydrogens (primary N) is 1. The molecular weight excluding hydrogens is 244 g/mol. The number of carbonyl (C=O) groups is 2. The molecule has 1 atom stereocenters. The molecule has 0 aliphatic carbocycles. The maximum Gasteiger partial charge on any atom is 0.246 e. The summed E-state index contributed by atoms with van der Waals surface area (Å²) in [7, 11) is 1.42. The molecule has 0 spiro atoms. The number of methoxy groups -OCH3 is 1. The smallest absolute Gasteiger partial charge is 0.246 e. The van der Waals surface area contributed by atoms with Gasteiger partial charge < -0.3 is 15.8 Å². The molecule has 0 saturated heterocycles. The summed E-state index contributed by atoms with van der Waals surface area (Å²) in [6.07, 6.45) is 2.16. The Kier molecular flexibility index (Phi) is 6.60. The lowest BCUT2D eigenvalue weighted by Gasteiger charge is -2.15. The summed E-state index contributed by atoms with van der Waals surface area (Å²) in [5.74, 6) is -0.844. The van der Waals surface area contributed by atoms with Crippen molar-refractivity contribution in [1.82, 2.24) is 5.32 Å². The first kappa shape index (κ1) is 15.2. The fraction of sp³-hybridized carbons (Fsp3) is 0.429. The Morgan fingerprint density at radius 2 is 2.00 bits per heavy atom. The molecule has 2 amide bonds. The van der Waals surface area contributed by atoms with E-state index >= 15 is 0 Å². The Hall–Kier alpha value is -1.88. The minimum absolute atomic E-state index is 0.0670. The van der Waals surface area contributed by atoms with E-state index in [9.17, 15) is 9.59 Å². The van der Waals surface area contributed by atoms with Gasteiger partial charge in [-0.25, -0.2) is 0 Å². The third-order valence-corrected chi connectivity index (χ3v) is 2.76. The van der Waals surface area contributed by atoms with E-state index in [0.717, 1.165) is 12.8 Å². The maximum absolute atomic E-state index is 11.3. The van der Waals surface area contributed by atoms with Crippen LogP contribution in [0.2, 0.25) is 0 Å². The van der Waals surface area contributed by atoms with Gasteiger partial charge >= 0.3 is 0 Å². The maximum atomic E-state index is 11.3. The van der Waals surface area contributed by atoms with Gasteiger partial charge in [0.05, 0.1) is 0 Å². The molecule has 0 saturated carbocycles. The van der Waals surface area contributed by atoms with Crippen LogP contribution in [0.1, 0.15) is 18.4 Å². The third kappa shape index (κ3) is 6.01. The van der Waals surface area contributed by atoms with Crippen LogP contribution in [-0.4, -0.2) is 31.6 Å². The second-order valence-corrected chi connectivity index (χ2v) is 4.33. The Morgan fingerprint density at radius 1 is 1.32 bits per heavy atom. The third-order valence-electron chi connectivity index (χ3n) is 2.76. The summed E-state index contributed by atoms with van der Waals surface area (Å²) in [4.78, 5) is 22.6. The van der Waals surface area contributed by atoms with Crippen molar-refractivity contribution in [1.29, 1.82) is 0 Å². The summed E-state index contributed by atoms with van der Waals surface area (Å²) in [6.45, 7) is -0.0670. The number of ether oxygens (including phenoxy) is 1. The standard InChI is InChI=1S/C14H20N2O3/c1-19-10-13(17)16-12(14(15)18)9-5-8-11-6-3-2-4-7-11/h2-4,6-7,12H,5,8-10H2,1H3,(H2,15,18)(H,16,17)/t12-/m0/s1. The zero-order chi connectivity index (χ0) is 14.1. The van der Waals surface area contributed by atoms with Crippen molar-refractivity contribution < 1.29 is 14.3 Å². The molecule has 0 radical (unpaired) electrons. The van der Waals surface area contributed by atoms with Gasteiger partial charge in [-0.15, -0.1) is 0 Å². The van der Waals surface area contributed by atoms with Gasteiger partial charge in [0.25, 0.3) is 0 Å². The predicted octanol–water partition coefficient (Wildman–Crippen LogP) is 0.626. The second-order valence-electron chi connectivity index (χ2n) is 4.33. The van der Waals surface area contributed by atoms with Crippen molar-refractivity contribution in [3.8, 4) is 0 Å². The predicted molar refractivity (Wildman–Crippen MR) is 72.4 cm³/mol. The molecule has 0 heterocycles. The van der Waals surface area contributed by atoms with Crippen LogP contribution in [0.5, 0.6) is 0 Å². The Labute approximate surface area is 113 Å². The molecule has 1 aromatic carbocycles. The minimum Gasteiger partial charge on any atom is -0.375 e. The van der Waals surface area contributed by atoms with Crippen LogP contribution in [0.25, 0.3) is 0 Å². The van der Waals surface area contributed by atoms with Crippen molar-refractivity contribution in [3.63, 3.8) is 0 Å². The normalized spacial score (nSPS) is 11.8. The first-order valence-corrected chi connectivity index (χ1v) is 6.25. The van der Waals surface area contributed by atoms with E-state index in [1.54, 1.807) is 0 Å². The van der Waals surface area contributed by atoms with E-state index in [1.165, 1.54) is 12.7 Å². The van der Waals surface area contributed by atoms with Crippen LogP contribution >= 0.6 is 0 Å². The molecule has 1 rings (SSSR count). The minimum atomic E-state index is -0.633. The molecule has 0 unspecified atom stereocenters. The van der Waals surface area contributed by atoms with Gasteiger partial charge in [0, 0.05) is 7.11 Å². The first-order valence-electron chi connectivity index (χ1n) is 6.25. The summed E-state index contributed by atoms with van der Waals surface area (Å²) in [5.41, 5.74) is 6.47. The molecule has 0 aliphatic rings. The van der Waals surface area contributed by atoms with E-state index in [0.29, 0.717) is 6.42 Å². The molecule has 5 heteroatoms. The molecule has 0 bridgehead atoms. The topological polar surface area (TPSA) is 81.4 Å². The Morgan fingerprint density at radius 3 is 2.58 bits per heavy atom. The molecule has 0 fully saturated rings.